The van der Waals surface area contributed by atoms with Crippen LogP contribution in [0.15, 0.2) is 17.5 Å². The van der Waals surface area contributed by atoms with Crippen molar-refractivity contribution < 1.29 is 0 Å². The van der Waals surface area contributed by atoms with Crippen LogP contribution in [-0.4, -0.2) is 9.97 Å². The third kappa shape index (κ3) is 1.94. The second-order valence-electron chi connectivity index (χ2n) is 5.79. The Morgan fingerprint density at radius 3 is 2.67 bits per heavy atom. The summed E-state index contributed by atoms with van der Waals surface area (Å²) < 4.78 is 0. The zero-order valence-electron chi connectivity index (χ0n) is 12.2. The minimum atomic E-state index is 0.630. The number of nitrogen functional groups attached to an aromatic ring is 1. The molecule has 0 fully saturated rings. The molecule has 4 rings (SSSR count). The second-order valence-corrected chi connectivity index (χ2v) is 6.68. The smallest absolute Gasteiger partial charge is 0.180 e. The van der Waals surface area contributed by atoms with E-state index < -0.39 is 0 Å². The number of thiazole rings is 1. The highest BCUT2D eigenvalue weighted by Gasteiger charge is 2.22. The van der Waals surface area contributed by atoms with Gasteiger partial charge in [0.05, 0.1) is 11.2 Å². The lowest BCUT2D eigenvalue weighted by molar-refractivity contribution is 0.901. The Hall–Kier alpha value is -1.94. The van der Waals surface area contributed by atoms with E-state index in [4.69, 9.17) is 10.7 Å². The summed E-state index contributed by atoms with van der Waals surface area (Å²) in [5.74, 6) is 0. The number of nitrogens with zero attached hydrogens (tertiary/aromatic N) is 2. The minimum Gasteiger partial charge on any atom is -0.375 e. The summed E-state index contributed by atoms with van der Waals surface area (Å²) in [6.07, 6.45) is 3.35. The molecule has 2 aromatic heterocycles. The lowest BCUT2D eigenvalue weighted by Crippen LogP contribution is -1.97. The van der Waals surface area contributed by atoms with E-state index in [1.54, 1.807) is 0 Å². The number of benzene rings is 1. The summed E-state index contributed by atoms with van der Waals surface area (Å²) in [5.41, 5.74) is 14.4. The van der Waals surface area contributed by atoms with Crippen molar-refractivity contribution in [2.24, 2.45) is 0 Å². The summed E-state index contributed by atoms with van der Waals surface area (Å²) in [6.45, 7) is 4.30. The van der Waals surface area contributed by atoms with Crippen LogP contribution in [0.4, 0.5) is 5.13 Å². The van der Waals surface area contributed by atoms with E-state index in [0.717, 1.165) is 24.1 Å². The lowest BCUT2D eigenvalue weighted by Gasteiger charge is -2.12. The van der Waals surface area contributed by atoms with Crippen LogP contribution in [0, 0.1) is 13.8 Å². The SMILES string of the molecule is Cc1cc2nc3c(c(-c4csc(N)n4)c2cc1C)CCC3. The van der Waals surface area contributed by atoms with Crippen LogP contribution < -0.4 is 5.73 Å². The van der Waals surface area contributed by atoms with Gasteiger partial charge in [-0.25, -0.2) is 4.98 Å². The first kappa shape index (κ1) is 12.8. The summed E-state index contributed by atoms with van der Waals surface area (Å²) in [7, 11) is 0. The van der Waals surface area contributed by atoms with Crippen molar-refractivity contribution in [3.8, 4) is 11.3 Å². The largest absolute Gasteiger partial charge is 0.375 e. The van der Waals surface area contributed by atoms with Crippen molar-refractivity contribution in [2.75, 3.05) is 5.73 Å². The van der Waals surface area contributed by atoms with Gasteiger partial charge >= 0.3 is 0 Å². The number of fused-ring (bicyclic) bond motifs is 2. The van der Waals surface area contributed by atoms with Crippen molar-refractivity contribution in [3.63, 3.8) is 0 Å². The second kappa shape index (κ2) is 4.53. The van der Waals surface area contributed by atoms with E-state index in [1.165, 1.54) is 51.1 Å². The van der Waals surface area contributed by atoms with Crippen molar-refractivity contribution in [1.82, 2.24) is 9.97 Å². The van der Waals surface area contributed by atoms with Crippen molar-refractivity contribution in [1.29, 1.82) is 0 Å². The van der Waals surface area contributed by atoms with E-state index in [-0.39, 0.29) is 0 Å². The molecule has 0 spiro atoms. The van der Waals surface area contributed by atoms with Gasteiger partial charge in [-0.05, 0) is 61.9 Å². The van der Waals surface area contributed by atoms with Crippen LogP contribution >= 0.6 is 11.3 Å². The fourth-order valence-corrected chi connectivity index (χ4v) is 3.77. The van der Waals surface area contributed by atoms with Crippen molar-refractivity contribution in [2.45, 2.75) is 33.1 Å². The molecule has 1 aliphatic rings. The molecule has 21 heavy (non-hydrogen) atoms. The van der Waals surface area contributed by atoms with Gasteiger partial charge in [0.2, 0.25) is 0 Å². The van der Waals surface area contributed by atoms with E-state index in [2.05, 4.69) is 36.3 Å². The average Bonchev–Trinajstić information content (AvgIpc) is 3.06. The molecule has 0 saturated heterocycles. The highest BCUT2D eigenvalue weighted by molar-refractivity contribution is 7.13. The molecule has 1 aromatic carbocycles. The number of pyridine rings is 1. The van der Waals surface area contributed by atoms with Crippen molar-refractivity contribution in [3.05, 3.63) is 39.9 Å². The number of aromatic nitrogens is 2. The predicted octanol–water partition coefficient (Wildman–Crippen LogP) is 4.05. The molecule has 2 N–H and O–H groups in total. The molecule has 1 aliphatic carbocycles. The number of rotatable bonds is 1. The standard InChI is InChI=1S/C17H17N3S/c1-9-6-12-14(7-10(9)2)19-13-5-3-4-11(13)16(12)15-8-21-17(18)20-15/h6-8H,3-5H2,1-2H3,(H2,18,20). The Balaban J connectivity index is 2.13. The molecule has 0 atom stereocenters. The molecular weight excluding hydrogens is 278 g/mol. The molecule has 0 aliphatic heterocycles. The van der Waals surface area contributed by atoms with Gasteiger partial charge in [0, 0.05) is 22.0 Å². The van der Waals surface area contributed by atoms with E-state index in [9.17, 15) is 0 Å². The normalized spacial score (nSPS) is 13.8. The van der Waals surface area contributed by atoms with Gasteiger partial charge in [0.25, 0.3) is 0 Å². The van der Waals surface area contributed by atoms with E-state index in [1.807, 2.05) is 0 Å². The Kier molecular flexibility index (Phi) is 2.76. The Bertz CT molecular complexity index is 864. The summed E-state index contributed by atoms with van der Waals surface area (Å²) in [4.78, 5) is 9.42. The lowest BCUT2D eigenvalue weighted by atomic mass is 9.96. The van der Waals surface area contributed by atoms with Gasteiger partial charge in [0.15, 0.2) is 5.13 Å². The van der Waals surface area contributed by atoms with Crippen LogP contribution in [0.25, 0.3) is 22.2 Å². The molecule has 0 unspecified atom stereocenters. The minimum absolute atomic E-state index is 0.630. The monoisotopic (exact) mass is 295 g/mol. The number of aryl methyl sites for hydroxylation is 3. The Morgan fingerprint density at radius 2 is 1.90 bits per heavy atom. The highest BCUT2D eigenvalue weighted by atomic mass is 32.1. The van der Waals surface area contributed by atoms with Crippen LogP contribution in [0.1, 0.15) is 28.8 Å². The number of anilines is 1. The first-order chi connectivity index (χ1) is 10.1. The molecular formula is C17H17N3S. The third-order valence-electron chi connectivity index (χ3n) is 4.41. The first-order valence-corrected chi connectivity index (χ1v) is 8.15. The molecule has 0 bridgehead atoms. The molecule has 4 heteroatoms. The van der Waals surface area contributed by atoms with E-state index in [0.29, 0.717) is 5.13 Å². The van der Waals surface area contributed by atoms with Crippen molar-refractivity contribution >= 4 is 27.4 Å². The Morgan fingerprint density at radius 1 is 1.10 bits per heavy atom. The zero-order chi connectivity index (χ0) is 14.6. The highest BCUT2D eigenvalue weighted by Crippen LogP contribution is 2.38. The number of nitrogens with two attached hydrogens (primary N) is 1. The van der Waals surface area contributed by atoms with Gasteiger partial charge in [-0.15, -0.1) is 11.3 Å². The van der Waals surface area contributed by atoms with Gasteiger partial charge in [0.1, 0.15) is 0 Å². The number of hydrogen-bond donors (Lipinski definition) is 1. The quantitative estimate of drug-likeness (QED) is 0.737. The molecule has 106 valence electrons. The van der Waals surface area contributed by atoms with Crippen LogP contribution in [0.5, 0.6) is 0 Å². The zero-order valence-corrected chi connectivity index (χ0v) is 13.0. The average molecular weight is 295 g/mol. The maximum Gasteiger partial charge on any atom is 0.180 e. The fourth-order valence-electron chi connectivity index (χ4n) is 3.22. The number of hydrogen-bond acceptors (Lipinski definition) is 4. The summed E-state index contributed by atoms with van der Waals surface area (Å²) >= 11 is 1.51. The van der Waals surface area contributed by atoms with Crippen LogP contribution in [0.3, 0.4) is 0 Å². The van der Waals surface area contributed by atoms with Crippen LogP contribution in [-0.2, 0) is 12.8 Å². The molecule has 0 radical (unpaired) electrons. The van der Waals surface area contributed by atoms with Gasteiger partial charge in [-0.3, -0.25) is 4.98 Å². The van der Waals surface area contributed by atoms with Gasteiger partial charge < -0.3 is 5.73 Å². The Labute approximate surface area is 127 Å². The molecule has 0 saturated carbocycles. The van der Waals surface area contributed by atoms with Gasteiger partial charge in [-0.2, -0.15) is 0 Å². The molecule has 2 heterocycles. The topological polar surface area (TPSA) is 51.8 Å². The maximum absolute atomic E-state index is 5.85. The first-order valence-electron chi connectivity index (χ1n) is 7.27. The molecule has 3 aromatic rings. The maximum atomic E-state index is 5.85. The summed E-state index contributed by atoms with van der Waals surface area (Å²) in [5, 5.41) is 3.91. The van der Waals surface area contributed by atoms with E-state index >= 15 is 0 Å². The van der Waals surface area contributed by atoms with Crippen LogP contribution in [0.2, 0.25) is 0 Å². The predicted molar refractivity (Wildman–Crippen MR) is 88.8 cm³/mol. The fraction of sp³-hybridized carbons (Fsp3) is 0.294. The molecule has 3 nitrogen and oxygen atoms in total. The third-order valence-corrected chi connectivity index (χ3v) is 5.08. The summed E-state index contributed by atoms with van der Waals surface area (Å²) in [6, 6.07) is 4.45. The van der Waals surface area contributed by atoms with Gasteiger partial charge in [-0.1, -0.05) is 0 Å². The molecule has 0 amide bonds.